The lowest BCUT2D eigenvalue weighted by molar-refractivity contribution is -0.138. The van der Waals surface area contributed by atoms with E-state index in [4.69, 9.17) is 9.97 Å². The number of hydrogen-bond acceptors (Lipinski definition) is 8. The second-order valence-electron chi connectivity index (χ2n) is 18.6. The number of hydrogen-bond donors (Lipinski definition) is 1. The largest absolute Gasteiger partial charge is 0.340 e. The Morgan fingerprint density at radius 3 is 1.50 bits per heavy atom. The van der Waals surface area contributed by atoms with Gasteiger partial charge in [0, 0.05) is 43.7 Å². The molecule has 2 aromatic heterocycles. The van der Waals surface area contributed by atoms with E-state index < -0.39 is 12.0 Å². The van der Waals surface area contributed by atoms with Gasteiger partial charge in [0.15, 0.2) is 0 Å². The van der Waals surface area contributed by atoms with Crippen molar-refractivity contribution in [2.24, 2.45) is 11.8 Å². The minimum Gasteiger partial charge on any atom is -0.340 e. The molecule has 10 rings (SSSR count). The van der Waals surface area contributed by atoms with Crippen LogP contribution in [0.25, 0.3) is 32.0 Å². The van der Waals surface area contributed by atoms with Crippen molar-refractivity contribution in [1.82, 2.24) is 25.1 Å². The molecule has 4 atom stereocenters. The van der Waals surface area contributed by atoms with E-state index >= 15 is 0 Å². The van der Waals surface area contributed by atoms with Crippen molar-refractivity contribution < 1.29 is 19.2 Å². The third kappa shape index (κ3) is 9.42. The average Bonchev–Trinajstić information content (AvgIpc) is 4.22. The van der Waals surface area contributed by atoms with Gasteiger partial charge in [-0.3, -0.25) is 19.2 Å². The lowest BCUT2D eigenvalue weighted by Gasteiger charge is -2.29. The van der Waals surface area contributed by atoms with E-state index in [0.29, 0.717) is 13.1 Å². The van der Waals surface area contributed by atoms with Gasteiger partial charge in [0.1, 0.15) is 21.8 Å². The number of ketones is 1. The second kappa shape index (κ2) is 20.0. The van der Waals surface area contributed by atoms with Crippen molar-refractivity contribution in [1.29, 1.82) is 0 Å². The Morgan fingerprint density at radius 1 is 0.530 bits per heavy atom. The maximum absolute atomic E-state index is 14.4. The molecule has 0 radical (unpaired) electrons. The minimum absolute atomic E-state index is 0.0184. The average molecular weight is 916 g/mol. The molecule has 2 saturated carbocycles. The zero-order valence-electron chi connectivity index (χ0n) is 37.4. The SMILES string of the molecule is O=C(C[C@@H](C(=O)N1CCC[C@H]1c1ncc(-c2ccc(-c3ccc(-c4cnc([C@@H]5CCCN5C(=O)[C@H](NC(=O)C5CCCC5)c5ccccc5)s4)cc3)cc2)s1)c1ccccc1)C1CCCC1. The maximum atomic E-state index is 14.4. The lowest BCUT2D eigenvalue weighted by atomic mass is 9.87. The van der Waals surface area contributed by atoms with E-state index in [1.54, 1.807) is 22.7 Å². The number of Topliss-reactive ketones (excluding diaryl/α,β-unsaturated/α-hetero) is 1. The number of nitrogens with zero attached hydrogens (tertiary/aromatic N) is 4. The van der Waals surface area contributed by atoms with Gasteiger partial charge in [0.2, 0.25) is 17.7 Å². The van der Waals surface area contributed by atoms with Crippen LogP contribution in [0.4, 0.5) is 0 Å². The summed E-state index contributed by atoms with van der Waals surface area (Å²) in [5.41, 5.74) is 6.11. The number of carbonyl (C=O) groups excluding carboxylic acids is 4. The molecular weight excluding hydrogens is 859 g/mol. The Bertz CT molecular complexity index is 2450. The first-order chi connectivity index (χ1) is 32.4. The van der Waals surface area contributed by atoms with Crippen LogP contribution in [0.15, 0.2) is 122 Å². The minimum atomic E-state index is -0.718. The fourth-order valence-electron chi connectivity index (χ4n) is 10.8. The number of rotatable bonds is 14. The number of aromatic nitrogens is 2. The Kier molecular flexibility index (Phi) is 13.3. The molecule has 0 unspecified atom stereocenters. The van der Waals surface area contributed by atoms with Gasteiger partial charge >= 0.3 is 0 Å². The van der Waals surface area contributed by atoms with Crippen LogP contribution in [0.5, 0.6) is 0 Å². The Hall–Kier alpha value is -5.78. The zero-order valence-corrected chi connectivity index (χ0v) is 39.0. The first kappa shape index (κ1) is 44.1. The Labute approximate surface area is 395 Å². The fourth-order valence-corrected chi connectivity index (χ4v) is 12.9. The van der Waals surface area contributed by atoms with E-state index in [9.17, 15) is 19.2 Å². The predicted octanol–water partition coefficient (Wildman–Crippen LogP) is 11.9. The quantitative estimate of drug-likeness (QED) is 0.116. The molecule has 4 heterocycles. The first-order valence-corrected chi connectivity index (χ1v) is 25.7. The molecule has 338 valence electrons. The van der Waals surface area contributed by atoms with Gasteiger partial charge in [0.05, 0.1) is 27.8 Å². The lowest BCUT2D eigenvalue weighted by Crippen LogP contribution is -2.44. The van der Waals surface area contributed by atoms with Crippen molar-refractivity contribution in [3.8, 4) is 32.0 Å². The highest BCUT2D eigenvalue weighted by Crippen LogP contribution is 2.42. The summed E-state index contributed by atoms with van der Waals surface area (Å²) < 4.78 is 0. The predicted molar refractivity (Wildman–Crippen MR) is 262 cm³/mol. The summed E-state index contributed by atoms with van der Waals surface area (Å²) in [7, 11) is 0. The van der Waals surface area contributed by atoms with Crippen molar-refractivity contribution in [3.63, 3.8) is 0 Å². The van der Waals surface area contributed by atoms with E-state index in [0.717, 1.165) is 130 Å². The monoisotopic (exact) mass is 915 g/mol. The Balaban J connectivity index is 0.793. The van der Waals surface area contributed by atoms with Gasteiger partial charge in [-0.1, -0.05) is 135 Å². The molecule has 2 saturated heterocycles. The highest BCUT2D eigenvalue weighted by atomic mass is 32.1. The van der Waals surface area contributed by atoms with Gasteiger partial charge in [-0.2, -0.15) is 0 Å². The molecule has 9 nitrogen and oxygen atoms in total. The van der Waals surface area contributed by atoms with Crippen LogP contribution in [-0.4, -0.2) is 56.4 Å². The van der Waals surface area contributed by atoms with E-state index in [1.807, 2.05) is 82.9 Å². The summed E-state index contributed by atoms with van der Waals surface area (Å²) in [6.07, 6.45) is 15.6. The topological polar surface area (TPSA) is 113 Å². The molecule has 4 aliphatic rings. The van der Waals surface area contributed by atoms with Gasteiger partial charge in [-0.15, -0.1) is 22.7 Å². The molecular formula is C55H57N5O4S2. The van der Waals surface area contributed by atoms with Crippen molar-refractivity contribution in [2.75, 3.05) is 13.1 Å². The summed E-state index contributed by atoms with van der Waals surface area (Å²) in [6.45, 7) is 1.31. The summed E-state index contributed by atoms with van der Waals surface area (Å²) in [5, 5.41) is 5.02. The van der Waals surface area contributed by atoms with Crippen molar-refractivity contribution in [3.05, 3.63) is 143 Å². The standard InChI is InChI=1S/C55H57N5O4S2/c61-47(39-15-7-8-16-39)33-44(38-13-3-1-4-14-38)54(63)59-31-11-21-45(59)52-56-34-48(65-52)40-27-23-36(24-28-40)37-25-29-41(30-26-37)49-35-57-53(66-49)46-22-12-32-60(46)55(64)50(42-17-5-2-6-18-42)58-51(62)43-19-9-10-20-43/h1-6,13-14,17-18,23-30,34-35,39,43-46,50H,7-12,15-16,19-22,31-33H2,(H,58,62)/t44-,45+,46+,50-/m1/s1. The molecule has 11 heteroatoms. The third-order valence-electron chi connectivity index (χ3n) is 14.5. The smallest absolute Gasteiger partial charge is 0.250 e. The normalized spacial score (nSPS) is 19.9. The van der Waals surface area contributed by atoms with Crippen LogP contribution < -0.4 is 5.32 Å². The van der Waals surface area contributed by atoms with E-state index in [-0.39, 0.29) is 53.8 Å². The molecule has 3 amide bonds. The molecule has 1 N–H and O–H groups in total. The highest BCUT2D eigenvalue weighted by molar-refractivity contribution is 7.15. The molecule has 2 aliphatic heterocycles. The molecule has 0 spiro atoms. The second-order valence-corrected chi connectivity index (χ2v) is 20.7. The third-order valence-corrected chi connectivity index (χ3v) is 16.8. The zero-order chi connectivity index (χ0) is 45.0. The van der Waals surface area contributed by atoms with E-state index in [1.165, 1.54) is 0 Å². The molecule has 66 heavy (non-hydrogen) atoms. The van der Waals surface area contributed by atoms with Crippen LogP contribution in [0, 0.1) is 11.8 Å². The fraction of sp³-hybridized carbons (Fsp3) is 0.382. The molecule has 2 aliphatic carbocycles. The Morgan fingerprint density at radius 2 is 0.985 bits per heavy atom. The van der Waals surface area contributed by atoms with Crippen molar-refractivity contribution >= 4 is 46.2 Å². The maximum Gasteiger partial charge on any atom is 0.250 e. The summed E-state index contributed by atoms with van der Waals surface area (Å²) in [5.74, 6) is -0.225. The summed E-state index contributed by atoms with van der Waals surface area (Å²) in [4.78, 5) is 71.2. The van der Waals surface area contributed by atoms with Crippen LogP contribution in [0.3, 0.4) is 0 Å². The number of thiazole rings is 2. The van der Waals surface area contributed by atoms with Crippen molar-refractivity contribution in [2.45, 2.75) is 108 Å². The number of amides is 3. The number of benzene rings is 4. The van der Waals surface area contributed by atoms with Gasteiger partial charge in [0.25, 0.3) is 0 Å². The first-order valence-electron chi connectivity index (χ1n) is 24.0. The summed E-state index contributed by atoms with van der Waals surface area (Å²) >= 11 is 3.29. The number of carbonyl (C=O) groups is 4. The van der Waals surface area contributed by atoms with Crippen LogP contribution in [-0.2, 0) is 19.2 Å². The van der Waals surface area contributed by atoms with Crippen LogP contribution in [0.1, 0.15) is 129 Å². The molecule has 6 aromatic rings. The molecule has 4 aromatic carbocycles. The molecule has 0 bridgehead atoms. The number of nitrogens with one attached hydrogen (secondary N) is 1. The van der Waals surface area contributed by atoms with Gasteiger partial charge < -0.3 is 15.1 Å². The number of likely N-dealkylation sites (tertiary alicyclic amines) is 2. The highest BCUT2D eigenvalue weighted by Gasteiger charge is 2.40. The van der Waals surface area contributed by atoms with Crippen LogP contribution >= 0.6 is 22.7 Å². The summed E-state index contributed by atoms with van der Waals surface area (Å²) in [6, 6.07) is 35.7. The van der Waals surface area contributed by atoms with Gasteiger partial charge in [-0.25, -0.2) is 9.97 Å². The van der Waals surface area contributed by atoms with Crippen LogP contribution in [0.2, 0.25) is 0 Å². The van der Waals surface area contributed by atoms with E-state index in [2.05, 4.69) is 53.8 Å². The van der Waals surface area contributed by atoms with Gasteiger partial charge in [-0.05, 0) is 84.7 Å². The molecule has 4 fully saturated rings.